The molecule has 6 nitrogen and oxygen atoms in total. The Hall–Kier alpha value is -2.89. The quantitative estimate of drug-likeness (QED) is 0.545. The number of aromatic carboxylic acids is 1. The lowest BCUT2D eigenvalue weighted by Gasteiger charge is -2.17. The highest BCUT2D eigenvalue weighted by atomic mass is 16.5. The summed E-state index contributed by atoms with van der Waals surface area (Å²) < 4.78 is 5.06. The van der Waals surface area contributed by atoms with Crippen LogP contribution in [0.15, 0.2) is 24.3 Å². The van der Waals surface area contributed by atoms with E-state index in [1.807, 2.05) is 19.9 Å². The Morgan fingerprint density at radius 3 is 2.46 bits per heavy atom. The number of benzene rings is 1. The normalized spacial score (nSPS) is 13.3. The predicted octanol–water partition coefficient (Wildman–Crippen LogP) is 3.45. The third-order valence-corrected chi connectivity index (χ3v) is 4.63. The Balaban J connectivity index is 2.57. The van der Waals surface area contributed by atoms with E-state index in [1.165, 1.54) is 0 Å². The topological polar surface area (TPSA) is 101 Å². The van der Waals surface area contributed by atoms with Gasteiger partial charge in [0.2, 0.25) is 0 Å². The Labute approximate surface area is 151 Å². The molecule has 0 fully saturated rings. The first-order valence-electron chi connectivity index (χ1n) is 8.33. The van der Waals surface area contributed by atoms with Gasteiger partial charge in [0.25, 0.3) is 0 Å². The summed E-state index contributed by atoms with van der Waals surface area (Å²) in [7, 11) is 0. The maximum Gasteiger partial charge on any atom is 0.339 e. The lowest BCUT2D eigenvalue weighted by Crippen LogP contribution is -2.15. The van der Waals surface area contributed by atoms with Crippen molar-refractivity contribution in [2.75, 3.05) is 0 Å². The van der Waals surface area contributed by atoms with Gasteiger partial charge in [-0.15, -0.1) is 6.58 Å². The minimum absolute atomic E-state index is 0.0170. The van der Waals surface area contributed by atoms with Gasteiger partial charge in [0.1, 0.15) is 6.61 Å². The van der Waals surface area contributed by atoms with E-state index in [4.69, 9.17) is 9.84 Å². The van der Waals surface area contributed by atoms with Crippen LogP contribution in [0.4, 0.5) is 0 Å². The highest BCUT2D eigenvalue weighted by Gasteiger charge is 2.33. The zero-order valence-corrected chi connectivity index (χ0v) is 14.9. The van der Waals surface area contributed by atoms with E-state index in [2.05, 4.69) is 6.58 Å². The summed E-state index contributed by atoms with van der Waals surface area (Å²) in [6, 6.07) is 0. The van der Waals surface area contributed by atoms with Crippen LogP contribution in [0, 0.1) is 6.92 Å². The molecule has 0 aromatic heterocycles. The molecule has 26 heavy (non-hydrogen) atoms. The first-order chi connectivity index (χ1) is 12.3. The van der Waals surface area contributed by atoms with E-state index in [1.54, 1.807) is 6.08 Å². The molecule has 1 aliphatic rings. The monoisotopic (exact) mass is 358 g/mol. The second kappa shape index (κ2) is 7.99. The SMILES string of the molecule is C=CCc1c(C)c2c(c(C(=O)O)c1CC=C(C)CCC(=O)O)C(=O)OC2. The van der Waals surface area contributed by atoms with Gasteiger partial charge in [-0.05, 0) is 49.8 Å². The number of aliphatic carboxylic acids is 1. The van der Waals surface area contributed by atoms with Gasteiger partial charge >= 0.3 is 17.9 Å². The van der Waals surface area contributed by atoms with Gasteiger partial charge in [-0.25, -0.2) is 9.59 Å². The predicted molar refractivity (Wildman–Crippen MR) is 95.5 cm³/mol. The van der Waals surface area contributed by atoms with Crippen molar-refractivity contribution >= 4 is 17.9 Å². The summed E-state index contributed by atoms with van der Waals surface area (Å²) in [5, 5.41) is 18.5. The van der Waals surface area contributed by atoms with E-state index in [0.717, 1.165) is 16.7 Å². The fourth-order valence-corrected chi connectivity index (χ4v) is 3.23. The van der Waals surface area contributed by atoms with Crippen molar-refractivity contribution < 1.29 is 29.3 Å². The minimum Gasteiger partial charge on any atom is -0.481 e. The van der Waals surface area contributed by atoms with Gasteiger partial charge in [-0.1, -0.05) is 17.7 Å². The molecule has 0 saturated heterocycles. The largest absolute Gasteiger partial charge is 0.481 e. The van der Waals surface area contributed by atoms with Crippen LogP contribution in [0.2, 0.25) is 0 Å². The van der Waals surface area contributed by atoms with Gasteiger partial charge in [-0.2, -0.15) is 0 Å². The van der Waals surface area contributed by atoms with Gasteiger partial charge in [0.05, 0.1) is 11.1 Å². The van der Waals surface area contributed by atoms with Crippen LogP contribution in [-0.4, -0.2) is 28.1 Å². The number of allylic oxidation sites excluding steroid dienone is 3. The summed E-state index contributed by atoms with van der Waals surface area (Å²) in [5.74, 6) is -2.66. The van der Waals surface area contributed by atoms with Crippen LogP contribution in [0.3, 0.4) is 0 Å². The van der Waals surface area contributed by atoms with Crippen molar-refractivity contribution in [2.24, 2.45) is 0 Å². The van der Waals surface area contributed by atoms with Crippen LogP contribution in [0.25, 0.3) is 0 Å². The molecule has 1 heterocycles. The minimum atomic E-state index is -1.17. The third kappa shape index (κ3) is 3.85. The molecule has 0 amide bonds. The fraction of sp³-hybridized carbons (Fsp3) is 0.350. The maximum absolute atomic E-state index is 12.1. The Kier molecular flexibility index (Phi) is 5.97. The molecule has 2 N–H and O–H groups in total. The number of fused-ring (bicyclic) bond motifs is 1. The molecule has 0 bridgehead atoms. The molecule has 0 aliphatic carbocycles. The molecule has 6 heteroatoms. The van der Waals surface area contributed by atoms with Crippen LogP contribution in [-0.2, 0) is 29.0 Å². The molecule has 1 aliphatic heterocycles. The highest BCUT2D eigenvalue weighted by molar-refractivity contribution is 6.06. The Morgan fingerprint density at radius 1 is 1.19 bits per heavy atom. The average Bonchev–Trinajstić information content (AvgIpc) is 2.95. The van der Waals surface area contributed by atoms with Crippen LogP contribution < -0.4 is 0 Å². The number of hydrogen-bond acceptors (Lipinski definition) is 4. The van der Waals surface area contributed by atoms with Crippen molar-refractivity contribution in [3.8, 4) is 0 Å². The molecular weight excluding hydrogens is 336 g/mol. The standard InChI is InChI=1S/C20H22O6/c1-4-5-13-12(3)15-10-26-20(25)18(15)17(19(23)24)14(13)8-6-11(2)7-9-16(21)22/h4,6H,1,5,7-10H2,2-3H3,(H,21,22)(H,23,24). The zero-order chi connectivity index (χ0) is 19.4. The van der Waals surface area contributed by atoms with Gasteiger partial charge in [0, 0.05) is 12.0 Å². The highest BCUT2D eigenvalue weighted by Crippen LogP contribution is 2.34. The molecule has 1 aromatic carbocycles. The first-order valence-corrected chi connectivity index (χ1v) is 8.33. The maximum atomic E-state index is 12.1. The van der Waals surface area contributed by atoms with Crippen molar-refractivity contribution in [1.29, 1.82) is 0 Å². The van der Waals surface area contributed by atoms with Crippen molar-refractivity contribution in [3.63, 3.8) is 0 Å². The number of esters is 1. The van der Waals surface area contributed by atoms with E-state index in [9.17, 15) is 19.5 Å². The van der Waals surface area contributed by atoms with E-state index >= 15 is 0 Å². The fourth-order valence-electron chi connectivity index (χ4n) is 3.23. The number of ether oxygens (including phenoxy) is 1. The average molecular weight is 358 g/mol. The van der Waals surface area contributed by atoms with Gasteiger partial charge < -0.3 is 14.9 Å². The first kappa shape index (κ1) is 19.4. The summed E-state index contributed by atoms with van der Waals surface area (Å²) >= 11 is 0. The lowest BCUT2D eigenvalue weighted by atomic mass is 9.85. The summed E-state index contributed by atoms with van der Waals surface area (Å²) in [6.07, 6.45) is 4.71. The molecule has 0 unspecified atom stereocenters. The van der Waals surface area contributed by atoms with Crippen LogP contribution in [0.1, 0.15) is 62.7 Å². The summed E-state index contributed by atoms with van der Waals surface area (Å²) in [6.45, 7) is 7.49. The molecule has 0 saturated carbocycles. The summed E-state index contributed by atoms with van der Waals surface area (Å²) in [5.41, 5.74) is 3.83. The Bertz CT molecular complexity index is 816. The molecule has 2 rings (SSSR count). The number of cyclic esters (lactones) is 1. The van der Waals surface area contributed by atoms with Crippen molar-refractivity contribution in [1.82, 2.24) is 0 Å². The number of carboxylic acids is 2. The smallest absolute Gasteiger partial charge is 0.339 e. The second-order valence-electron chi connectivity index (χ2n) is 6.33. The number of hydrogen-bond donors (Lipinski definition) is 2. The molecule has 1 aromatic rings. The van der Waals surface area contributed by atoms with Crippen molar-refractivity contribution in [2.45, 2.75) is 46.1 Å². The molecular formula is C20H22O6. The number of carbonyl (C=O) groups is 3. The number of rotatable bonds is 8. The molecule has 0 atom stereocenters. The molecule has 138 valence electrons. The third-order valence-electron chi connectivity index (χ3n) is 4.63. The second-order valence-corrected chi connectivity index (χ2v) is 6.33. The summed E-state index contributed by atoms with van der Waals surface area (Å²) in [4.78, 5) is 34.7. The number of carboxylic acid groups (broad SMARTS) is 2. The molecule has 0 radical (unpaired) electrons. The van der Waals surface area contributed by atoms with Gasteiger partial charge in [-0.3, -0.25) is 4.79 Å². The van der Waals surface area contributed by atoms with Crippen LogP contribution in [0.5, 0.6) is 0 Å². The molecule has 0 spiro atoms. The zero-order valence-electron chi connectivity index (χ0n) is 14.9. The number of carbonyl (C=O) groups excluding carboxylic acids is 1. The van der Waals surface area contributed by atoms with E-state index in [-0.39, 0.29) is 24.2 Å². The lowest BCUT2D eigenvalue weighted by molar-refractivity contribution is -0.136. The Morgan fingerprint density at radius 2 is 1.88 bits per heavy atom. The van der Waals surface area contributed by atoms with E-state index in [0.29, 0.717) is 30.4 Å². The van der Waals surface area contributed by atoms with Crippen molar-refractivity contribution in [3.05, 3.63) is 57.7 Å². The van der Waals surface area contributed by atoms with Gasteiger partial charge in [0.15, 0.2) is 0 Å². The van der Waals surface area contributed by atoms with E-state index < -0.39 is 17.9 Å². The van der Waals surface area contributed by atoms with Crippen LogP contribution >= 0.6 is 0 Å².